The first-order valence-corrected chi connectivity index (χ1v) is 12.7. The molecule has 5 rings (SSSR count). The van der Waals surface area contributed by atoms with Crippen molar-refractivity contribution in [2.24, 2.45) is 0 Å². The third-order valence-electron chi connectivity index (χ3n) is 6.60. The van der Waals surface area contributed by atoms with Gasteiger partial charge in [0.15, 0.2) is 17.3 Å². The van der Waals surface area contributed by atoms with Crippen LogP contribution in [0.1, 0.15) is 18.5 Å². The number of hydrogen-bond acceptors (Lipinski definition) is 8. The van der Waals surface area contributed by atoms with Crippen molar-refractivity contribution in [3.63, 3.8) is 0 Å². The molecule has 0 bridgehead atoms. The van der Waals surface area contributed by atoms with Crippen LogP contribution < -0.4 is 29.6 Å². The Bertz CT molecular complexity index is 1620. The Hall–Kier alpha value is -4.70. The fraction of sp³-hybridized carbons (Fsp3) is 0.207. The average Bonchev–Trinajstić information content (AvgIpc) is 3.39. The van der Waals surface area contributed by atoms with Crippen LogP contribution in [0.4, 0.5) is 11.6 Å². The molecule has 0 spiro atoms. The van der Waals surface area contributed by atoms with Crippen LogP contribution in [0, 0.1) is 0 Å². The zero-order valence-corrected chi connectivity index (χ0v) is 23.4. The average molecular weight is 562 g/mol. The number of rotatable bonds is 8. The van der Waals surface area contributed by atoms with Crippen LogP contribution in [-0.2, 0) is 4.79 Å². The molecule has 3 aromatic carbocycles. The molecule has 4 aromatic rings. The molecule has 1 atom stereocenters. The highest BCUT2D eigenvalue weighted by Crippen LogP contribution is 2.45. The van der Waals surface area contributed by atoms with Crippen molar-refractivity contribution in [1.29, 1.82) is 0 Å². The molecule has 10 nitrogen and oxygen atoms in total. The van der Waals surface area contributed by atoms with E-state index < -0.39 is 6.04 Å². The van der Waals surface area contributed by atoms with E-state index in [1.807, 2.05) is 37.3 Å². The Morgan fingerprint density at radius 3 is 2.25 bits per heavy atom. The smallest absolute Gasteiger partial charge is 0.255 e. The summed E-state index contributed by atoms with van der Waals surface area (Å²) in [5, 5.41) is 11.5. The van der Waals surface area contributed by atoms with Gasteiger partial charge in [-0.15, -0.1) is 5.10 Å². The summed E-state index contributed by atoms with van der Waals surface area (Å²) in [6.07, 6.45) is 0. The maximum absolute atomic E-state index is 14.0. The standard InChI is InChI=1S/C29H28ClN5O5/c1-16-25(28(36)32-20-12-8-9-13-21(20)37-2)26(18-14-23(39-4)24(40-5)15-22(18)38-3)35-29(31-16)33-27(34-35)17-10-6-7-11-19(17)30/h6-15,26H,1-5H3,(H,32,36)(H,31,33,34). The Morgan fingerprint density at radius 1 is 0.900 bits per heavy atom. The van der Waals surface area contributed by atoms with E-state index >= 15 is 0 Å². The predicted octanol–water partition coefficient (Wildman–Crippen LogP) is 5.56. The molecule has 1 amide bonds. The lowest BCUT2D eigenvalue weighted by Crippen LogP contribution is -2.32. The van der Waals surface area contributed by atoms with Crippen LogP contribution in [0.25, 0.3) is 11.4 Å². The molecule has 0 radical (unpaired) electrons. The van der Waals surface area contributed by atoms with E-state index in [9.17, 15) is 4.79 Å². The van der Waals surface area contributed by atoms with Crippen molar-refractivity contribution in [3.8, 4) is 34.4 Å². The number of ether oxygens (including phenoxy) is 4. The third kappa shape index (κ3) is 4.77. The van der Waals surface area contributed by atoms with Crippen molar-refractivity contribution in [1.82, 2.24) is 14.8 Å². The lowest BCUT2D eigenvalue weighted by molar-refractivity contribution is -0.113. The number of hydrogen-bond donors (Lipinski definition) is 2. The molecule has 0 aliphatic carbocycles. The summed E-state index contributed by atoms with van der Waals surface area (Å²) >= 11 is 6.48. The Balaban J connectivity index is 1.70. The van der Waals surface area contributed by atoms with Crippen molar-refractivity contribution >= 4 is 29.1 Å². The zero-order valence-electron chi connectivity index (χ0n) is 22.6. The number of carbonyl (C=O) groups is 1. The van der Waals surface area contributed by atoms with Crippen LogP contribution in [0.2, 0.25) is 5.02 Å². The van der Waals surface area contributed by atoms with E-state index in [0.717, 1.165) is 0 Å². The highest BCUT2D eigenvalue weighted by atomic mass is 35.5. The van der Waals surface area contributed by atoms with Gasteiger partial charge in [-0.3, -0.25) is 4.79 Å². The maximum atomic E-state index is 14.0. The van der Waals surface area contributed by atoms with Crippen LogP contribution in [0.3, 0.4) is 0 Å². The molecule has 0 saturated heterocycles. The molecule has 40 heavy (non-hydrogen) atoms. The number of nitrogens with one attached hydrogen (secondary N) is 2. The molecule has 1 unspecified atom stereocenters. The molecule has 2 N–H and O–H groups in total. The second-order valence-electron chi connectivity index (χ2n) is 8.85. The number of anilines is 2. The van der Waals surface area contributed by atoms with Crippen LogP contribution in [-0.4, -0.2) is 49.1 Å². The predicted molar refractivity (Wildman–Crippen MR) is 153 cm³/mol. The van der Waals surface area contributed by atoms with Gasteiger partial charge in [-0.05, 0) is 37.3 Å². The summed E-state index contributed by atoms with van der Waals surface area (Å²) in [4.78, 5) is 18.7. The molecular formula is C29H28ClN5O5. The molecule has 11 heteroatoms. The fourth-order valence-corrected chi connectivity index (χ4v) is 4.91. The number of nitrogens with zero attached hydrogens (tertiary/aromatic N) is 3. The van der Waals surface area contributed by atoms with Crippen molar-refractivity contribution in [3.05, 3.63) is 82.5 Å². The van der Waals surface area contributed by atoms with Crippen molar-refractivity contribution < 1.29 is 23.7 Å². The van der Waals surface area contributed by atoms with Gasteiger partial charge in [-0.25, -0.2) is 4.68 Å². The van der Waals surface area contributed by atoms with Crippen molar-refractivity contribution in [2.75, 3.05) is 39.1 Å². The van der Waals surface area contributed by atoms with Gasteiger partial charge in [-0.2, -0.15) is 4.98 Å². The van der Waals surface area contributed by atoms with Gasteiger partial charge in [0.2, 0.25) is 5.95 Å². The minimum absolute atomic E-state index is 0.364. The largest absolute Gasteiger partial charge is 0.496 e. The number of halogens is 1. The molecule has 1 aromatic heterocycles. The second kappa shape index (κ2) is 11.2. The monoisotopic (exact) mass is 561 g/mol. The topological polar surface area (TPSA) is 109 Å². The summed E-state index contributed by atoms with van der Waals surface area (Å²) in [7, 11) is 6.19. The van der Waals surface area contributed by atoms with Gasteiger partial charge in [-0.1, -0.05) is 35.9 Å². The Labute approximate surface area is 236 Å². The number of fused-ring (bicyclic) bond motifs is 1. The van der Waals surface area contributed by atoms with Gasteiger partial charge in [0.05, 0.1) is 44.7 Å². The van der Waals surface area contributed by atoms with Gasteiger partial charge >= 0.3 is 0 Å². The van der Waals surface area contributed by atoms with Gasteiger partial charge < -0.3 is 29.6 Å². The number of carbonyl (C=O) groups excluding carboxylic acids is 1. The lowest BCUT2D eigenvalue weighted by Gasteiger charge is -2.30. The van der Waals surface area contributed by atoms with Crippen LogP contribution >= 0.6 is 11.6 Å². The molecule has 1 aliphatic heterocycles. The first-order chi connectivity index (χ1) is 19.4. The first-order valence-electron chi connectivity index (χ1n) is 12.3. The molecule has 1 aliphatic rings. The van der Waals surface area contributed by atoms with E-state index in [0.29, 0.717) is 67.9 Å². The molecular weight excluding hydrogens is 534 g/mol. The summed E-state index contributed by atoms with van der Waals surface area (Å²) < 4.78 is 24.0. The minimum Gasteiger partial charge on any atom is -0.496 e. The van der Waals surface area contributed by atoms with Crippen molar-refractivity contribution in [2.45, 2.75) is 13.0 Å². The third-order valence-corrected chi connectivity index (χ3v) is 6.93. The summed E-state index contributed by atoms with van der Waals surface area (Å²) in [5.74, 6) is 2.41. The second-order valence-corrected chi connectivity index (χ2v) is 9.26. The summed E-state index contributed by atoms with van der Waals surface area (Å²) in [6, 6.07) is 17.2. The fourth-order valence-electron chi connectivity index (χ4n) is 4.69. The molecule has 2 heterocycles. The number of aromatic nitrogens is 3. The van der Waals surface area contributed by atoms with Gasteiger partial charge in [0.25, 0.3) is 5.91 Å². The SMILES string of the molecule is COc1ccccc1NC(=O)C1=C(C)Nc2nc(-c3ccccc3Cl)nn2C1c1cc(OC)c(OC)cc1OC. The highest BCUT2D eigenvalue weighted by molar-refractivity contribution is 6.33. The maximum Gasteiger partial charge on any atom is 0.255 e. The normalized spacial score (nSPS) is 14.2. The van der Waals surface area contributed by atoms with Crippen LogP contribution in [0.5, 0.6) is 23.0 Å². The van der Waals surface area contributed by atoms with E-state index in [4.69, 9.17) is 40.6 Å². The Kier molecular flexibility index (Phi) is 7.52. The number of benzene rings is 3. The van der Waals surface area contributed by atoms with E-state index in [-0.39, 0.29) is 5.91 Å². The summed E-state index contributed by atoms with van der Waals surface area (Å²) in [5.41, 5.74) is 2.76. The number of methoxy groups -OCH3 is 4. The summed E-state index contributed by atoms with van der Waals surface area (Å²) in [6.45, 7) is 1.81. The number of amides is 1. The van der Waals surface area contributed by atoms with E-state index in [1.54, 1.807) is 63.5 Å². The quantitative estimate of drug-likeness (QED) is 0.288. The zero-order chi connectivity index (χ0) is 28.4. The first kappa shape index (κ1) is 26.9. The Morgan fingerprint density at radius 2 is 1.55 bits per heavy atom. The minimum atomic E-state index is -0.760. The molecule has 0 saturated carbocycles. The van der Waals surface area contributed by atoms with E-state index in [1.165, 1.54) is 0 Å². The van der Waals surface area contributed by atoms with Crippen LogP contribution in [0.15, 0.2) is 71.9 Å². The van der Waals surface area contributed by atoms with Gasteiger partial charge in [0.1, 0.15) is 17.5 Å². The van der Waals surface area contributed by atoms with E-state index in [2.05, 4.69) is 10.6 Å². The number of para-hydroxylation sites is 2. The molecule has 0 fully saturated rings. The lowest BCUT2D eigenvalue weighted by atomic mass is 9.93. The van der Waals surface area contributed by atoms with Gasteiger partial charge in [0, 0.05) is 22.9 Å². The molecule has 206 valence electrons. The number of allylic oxidation sites excluding steroid dienone is 1. The highest BCUT2D eigenvalue weighted by Gasteiger charge is 2.37.